The SMILES string of the molecule is CCc1ccccc1CC(=O)N(N)C(N)=S. The van der Waals surface area contributed by atoms with Crippen LogP contribution in [0.1, 0.15) is 18.1 Å². The van der Waals surface area contributed by atoms with Crippen molar-refractivity contribution in [1.29, 1.82) is 0 Å². The van der Waals surface area contributed by atoms with Crippen LogP contribution < -0.4 is 11.6 Å². The number of amides is 1. The Morgan fingerprint density at radius 2 is 1.94 bits per heavy atom. The molecular formula is C11H15N3OS. The van der Waals surface area contributed by atoms with Gasteiger partial charge in [0.1, 0.15) is 0 Å². The van der Waals surface area contributed by atoms with Gasteiger partial charge in [0, 0.05) is 0 Å². The van der Waals surface area contributed by atoms with E-state index >= 15 is 0 Å². The highest BCUT2D eigenvalue weighted by Gasteiger charge is 2.13. The molecule has 1 aromatic carbocycles. The van der Waals surface area contributed by atoms with E-state index in [1.54, 1.807) is 0 Å². The van der Waals surface area contributed by atoms with Crippen molar-refractivity contribution < 1.29 is 4.79 Å². The molecule has 0 bridgehead atoms. The molecule has 1 amide bonds. The molecule has 0 aliphatic heterocycles. The predicted molar refractivity (Wildman–Crippen MR) is 67.3 cm³/mol. The molecule has 5 heteroatoms. The lowest BCUT2D eigenvalue weighted by Gasteiger charge is -2.15. The number of nitrogens with two attached hydrogens (primary N) is 2. The molecule has 4 nitrogen and oxygen atoms in total. The van der Waals surface area contributed by atoms with Crippen molar-refractivity contribution in [3.05, 3.63) is 35.4 Å². The second-order valence-corrected chi connectivity index (χ2v) is 3.82. The molecule has 0 saturated heterocycles. The molecule has 16 heavy (non-hydrogen) atoms. The van der Waals surface area contributed by atoms with Gasteiger partial charge in [-0.05, 0) is 29.8 Å². The van der Waals surface area contributed by atoms with Crippen LogP contribution in [0.5, 0.6) is 0 Å². The minimum Gasteiger partial charge on any atom is -0.375 e. The molecule has 0 radical (unpaired) electrons. The molecule has 0 heterocycles. The summed E-state index contributed by atoms with van der Waals surface area (Å²) in [5.41, 5.74) is 7.36. The van der Waals surface area contributed by atoms with Crippen LogP contribution in [-0.4, -0.2) is 16.0 Å². The molecule has 0 atom stereocenters. The van der Waals surface area contributed by atoms with E-state index in [2.05, 4.69) is 12.2 Å². The fourth-order valence-electron chi connectivity index (χ4n) is 1.45. The highest BCUT2D eigenvalue weighted by molar-refractivity contribution is 7.80. The average Bonchev–Trinajstić information content (AvgIpc) is 2.28. The first kappa shape index (κ1) is 12.6. The third-order valence-corrected chi connectivity index (χ3v) is 2.54. The van der Waals surface area contributed by atoms with Crippen LogP contribution in [0.3, 0.4) is 0 Å². The van der Waals surface area contributed by atoms with E-state index in [4.69, 9.17) is 11.6 Å². The van der Waals surface area contributed by atoms with Gasteiger partial charge in [0.2, 0.25) is 5.91 Å². The topological polar surface area (TPSA) is 72.3 Å². The summed E-state index contributed by atoms with van der Waals surface area (Å²) in [6.45, 7) is 2.04. The normalized spacial score (nSPS) is 9.88. The van der Waals surface area contributed by atoms with Crippen molar-refractivity contribution in [3.63, 3.8) is 0 Å². The number of carbonyl (C=O) groups excluding carboxylic acids is 1. The molecule has 0 saturated carbocycles. The summed E-state index contributed by atoms with van der Waals surface area (Å²) in [5, 5.41) is 0.695. The van der Waals surface area contributed by atoms with E-state index in [0.717, 1.165) is 22.6 Å². The van der Waals surface area contributed by atoms with Crippen molar-refractivity contribution in [2.24, 2.45) is 11.6 Å². The maximum atomic E-state index is 11.7. The van der Waals surface area contributed by atoms with Crippen molar-refractivity contribution in [2.75, 3.05) is 0 Å². The molecule has 0 aliphatic carbocycles. The van der Waals surface area contributed by atoms with Gasteiger partial charge in [-0.15, -0.1) is 0 Å². The largest absolute Gasteiger partial charge is 0.375 e. The number of hydrogen-bond donors (Lipinski definition) is 2. The molecule has 0 spiro atoms. The summed E-state index contributed by atoms with van der Waals surface area (Å²) in [7, 11) is 0. The van der Waals surface area contributed by atoms with Crippen molar-refractivity contribution in [3.8, 4) is 0 Å². The first-order chi connectivity index (χ1) is 7.56. The third-order valence-electron chi connectivity index (χ3n) is 2.35. The molecule has 0 aliphatic rings. The Morgan fingerprint density at radius 3 is 2.44 bits per heavy atom. The van der Waals surface area contributed by atoms with Gasteiger partial charge < -0.3 is 5.73 Å². The van der Waals surface area contributed by atoms with Crippen molar-refractivity contribution >= 4 is 23.2 Å². The zero-order chi connectivity index (χ0) is 12.1. The molecule has 4 N–H and O–H groups in total. The van der Waals surface area contributed by atoms with Crippen LogP contribution in [0, 0.1) is 0 Å². The summed E-state index contributed by atoms with van der Waals surface area (Å²) >= 11 is 4.63. The Bertz CT molecular complexity index is 406. The lowest BCUT2D eigenvalue weighted by atomic mass is 10.0. The Labute approximate surface area is 100 Å². The number of aryl methyl sites for hydroxylation is 1. The first-order valence-corrected chi connectivity index (χ1v) is 5.41. The van der Waals surface area contributed by atoms with Crippen molar-refractivity contribution in [2.45, 2.75) is 19.8 Å². The van der Waals surface area contributed by atoms with Gasteiger partial charge in [0.25, 0.3) is 0 Å². The Kier molecular flexibility index (Phi) is 4.39. The zero-order valence-electron chi connectivity index (χ0n) is 9.14. The van der Waals surface area contributed by atoms with Gasteiger partial charge >= 0.3 is 0 Å². The molecule has 1 rings (SSSR count). The summed E-state index contributed by atoms with van der Waals surface area (Å²) in [5.74, 6) is 5.12. The fraction of sp³-hybridized carbons (Fsp3) is 0.273. The van der Waals surface area contributed by atoms with Crippen LogP contribution in [0.4, 0.5) is 0 Å². The average molecular weight is 237 g/mol. The monoisotopic (exact) mass is 237 g/mol. The van der Waals surface area contributed by atoms with Gasteiger partial charge in [0.15, 0.2) is 5.11 Å². The van der Waals surface area contributed by atoms with Gasteiger partial charge in [-0.25, -0.2) is 10.9 Å². The number of carbonyl (C=O) groups is 1. The number of hydrogen-bond acceptors (Lipinski definition) is 3. The minimum atomic E-state index is -0.298. The van der Waals surface area contributed by atoms with Crippen molar-refractivity contribution in [1.82, 2.24) is 5.01 Å². The predicted octanol–water partition coefficient (Wildman–Crippen LogP) is 0.737. The number of thiocarbonyl (C=S) groups is 1. The standard InChI is InChI=1S/C11H15N3OS/c1-2-8-5-3-4-6-9(8)7-10(15)14(13)11(12)16/h3-6H,2,7,13H2,1H3,(H2,12,16). The number of benzene rings is 1. The highest BCUT2D eigenvalue weighted by Crippen LogP contribution is 2.10. The lowest BCUT2D eigenvalue weighted by molar-refractivity contribution is -0.126. The van der Waals surface area contributed by atoms with Gasteiger partial charge in [-0.2, -0.15) is 0 Å². The summed E-state index contributed by atoms with van der Waals surface area (Å²) < 4.78 is 0. The molecular weight excluding hydrogens is 222 g/mol. The summed E-state index contributed by atoms with van der Waals surface area (Å²) in [6.07, 6.45) is 1.10. The fourth-order valence-corrected chi connectivity index (χ4v) is 1.55. The van der Waals surface area contributed by atoms with Gasteiger partial charge in [0.05, 0.1) is 6.42 Å². The van der Waals surface area contributed by atoms with E-state index in [0.29, 0.717) is 0 Å². The van der Waals surface area contributed by atoms with Crippen LogP contribution in [-0.2, 0) is 17.6 Å². The van der Waals surface area contributed by atoms with Crippen LogP contribution in [0.15, 0.2) is 24.3 Å². The van der Waals surface area contributed by atoms with Crippen LogP contribution in [0.2, 0.25) is 0 Å². The Morgan fingerprint density at radius 1 is 1.38 bits per heavy atom. The van der Waals surface area contributed by atoms with E-state index < -0.39 is 0 Å². The molecule has 0 unspecified atom stereocenters. The van der Waals surface area contributed by atoms with E-state index in [1.807, 2.05) is 31.2 Å². The lowest BCUT2D eigenvalue weighted by Crippen LogP contribution is -2.46. The molecule has 0 aromatic heterocycles. The molecule has 1 aromatic rings. The third kappa shape index (κ3) is 3.01. The summed E-state index contributed by atoms with van der Waals surface area (Å²) in [6, 6.07) is 7.73. The second-order valence-electron chi connectivity index (χ2n) is 3.40. The Balaban J connectivity index is 2.80. The number of nitrogens with zero attached hydrogens (tertiary/aromatic N) is 1. The minimum absolute atomic E-state index is 0.112. The first-order valence-electron chi connectivity index (χ1n) is 5.00. The molecule has 86 valence electrons. The van der Waals surface area contributed by atoms with E-state index in [-0.39, 0.29) is 17.4 Å². The number of hydrazine groups is 1. The molecule has 0 fully saturated rings. The number of rotatable bonds is 3. The van der Waals surface area contributed by atoms with Gasteiger partial charge in [-0.1, -0.05) is 31.2 Å². The quantitative estimate of drug-likeness (QED) is 0.352. The zero-order valence-corrected chi connectivity index (χ0v) is 9.96. The highest BCUT2D eigenvalue weighted by atomic mass is 32.1. The maximum absolute atomic E-state index is 11.7. The van der Waals surface area contributed by atoms with E-state index in [1.165, 1.54) is 0 Å². The second kappa shape index (κ2) is 5.58. The maximum Gasteiger partial charge on any atom is 0.247 e. The van der Waals surface area contributed by atoms with Crippen LogP contribution in [0.25, 0.3) is 0 Å². The van der Waals surface area contributed by atoms with Crippen LogP contribution >= 0.6 is 12.2 Å². The van der Waals surface area contributed by atoms with Gasteiger partial charge in [-0.3, -0.25) is 4.79 Å². The Hall–Kier alpha value is -1.46. The van der Waals surface area contributed by atoms with E-state index in [9.17, 15) is 4.79 Å². The summed E-state index contributed by atoms with van der Waals surface area (Å²) in [4.78, 5) is 11.7. The smallest absolute Gasteiger partial charge is 0.247 e.